The van der Waals surface area contributed by atoms with Gasteiger partial charge in [0.25, 0.3) is 0 Å². The molecule has 4 heteroatoms. The smallest absolute Gasteiger partial charge is 0.331 e. The lowest BCUT2D eigenvalue weighted by Gasteiger charge is -2.36. The van der Waals surface area contributed by atoms with Crippen LogP contribution in [0.1, 0.15) is 46.1 Å². The van der Waals surface area contributed by atoms with Crippen LogP contribution in [0, 0.1) is 23.7 Å². The molecule has 1 saturated carbocycles. The van der Waals surface area contributed by atoms with E-state index in [0.717, 1.165) is 11.1 Å². The molecule has 0 aliphatic heterocycles. The van der Waals surface area contributed by atoms with E-state index in [-0.39, 0.29) is 35.2 Å². The number of hydrogen-bond acceptors (Lipinski definition) is 4. The molecule has 0 spiro atoms. The Kier molecular flexibility index (Phi) is 5.97. The number of ketones is 2. The first-order valence-corrected chi connectivity index (χ1v) is 9.97. The molecular weight excluding hydrogens is 352 g/mol. The highest BCUT2D eigenvalue weighted by molar-refractivity contribution is 5.98. The van der Waals surface area contributed by atoms with Crippen molar-refractivity contribution in [2.24, 2.45) is 23.7 Å². The number of hydrogen-bond donors (Lipinski definition) is 0. The number of fused-ring (bicyclic) bond motifs is 1. The van der Waals surface area contributed by atoms with Crippen LogP contribution in [-0.4, -0.2) is 23.6 Å². The van der Waals surface area contributed by atoms with Gasteiger partial charge in [-0.2, -0.15) is 0 Å². The summed E-state index contributed by atoms with van der Waals surface area (Å²) in [5, 5.41) is 0. The lowest BCUT2D eigenvalue weighted by Crippen LogP contribution is -2.35. The lowest BCUT2D eigenvalue weighted by molar-refractivity contribution is -0.141. The maximum Gasteiger partial charge on any atom is 0.331 e. The Bertz CT molecular complexity index is 831. The maximum absolute atomic E-state index is 12.6. The number of allylic oxidation sites excluding steroid dienone is 1. The van der Waals surface area contributed by atoms with E-state index in [9.17, 15) is 14.4 Å². The van der Waals surface area contributed by atoms with Gasteiger partial charge in [0.05, 0.1) is 0 Å². The Morgan fingerprint density at radius 2 is 1.86 bits per heavy atom. The van der Waals surface area contributed by atoms with E-state index < -0.39 is 12.1 Å². The summed E-state index contributed by atoms with van der Waals surface area (Å²) in [4.78, 5) is 37.3. The topological polar surface area (TPSA) is 60.4 Å². The molecule has 1 fully saturated rings. The molecule has 0 bridgehead atoms. The molecule has 0 unspecified atom stereocenters. The van der Waals surface area contributed by atoms with E-state index >= 15 is 0 Å². The Hall–Kier alpha value is -2.49. The zero-order valence-corrected chi connectivity index (χ0v) is 17.0. The van der Waals surface area contributed by atoms with E-state index in [2.05, 4.69) is 13.8 Å². The van der Waals surface area contributed by atoms with Gasteiger partial charge in [0.1, 0.15) is 11.9 Å². The summed E-state index contributed by atoms with van der Waals surface area (Å²) in [6.45, 7) is 7.60. The van der Waals surface area contributed by atoms with Crippen molar-refractivity contribution in [1.29, 1.82) is 0 Å². The van der Waals surface area contributed by atoms with Crippen LogP contribution < -0.4 is 0 Å². The largest absolute Gasteiger partial charge is 0.455 e. The summed E-state index contributed by atoms with van der Waals surface area (Å²) in [5.74, 6) is -0.0395. The standard InChI is InChI=1S/C24H28O4/c1-14(2)18-12-20(26)15(3)23-21(13-19(16(4)25)24(18)23)28-22(27)11-10-17-8-6-5-7-9-17/h5-11,14,18-19,21,24H,12-13H2,1-4H3/b11-10+/t18-,19+,21-,24+/m0/s1. The van der Waals surface area contributed by atoms with Gasteiger partial charge in [-0.1, -0.05) is 44.2 Å². The van der Waals surface area contributed by atoms with Crippen LogP contribution >= 0.6 is 0 Å². The average molecular weight is 380 g/mol. The fourth-order valence-electron chi connectivity index (χ4n) is 4.70. The van der Waals surface area contributed by atoms with Gasteiger partial charge in [-0.3, -0.25) is 9.59 Å². The Labute approximate surface area is 166 Å². The van der Waals surface area contributed by atoms with Crippen molar-refractivity contribution in [3.63, 3.8) is 0 Å². The van der Waals surface area contributed by atoms with E-state index in [0.29, 0.717) is 18.4 Å². The summed E-state index contributed by atoms with van der Waals surface area (Å²) >= 11 is 0. The average Bonchev–Trinajstić information content (AvgIpc) is 3.03. The molecule has 0 N–H and O–H groups in total. The third-order valence-corrected chi connectivity index (χ3v) is 6.19. The minimum atomic E-state index is -0.502. The van der Waals surface area contributed by atoms with Gasteiger partial charge in [-0.25, -0.2) is 4.79 Å². The molecule has 0 aromatic heterocycles. The summed E-state index contributed by atoms with van der Waals surface area (Å²) in [5.41, 5.74) is 2.46. The summed E-state index contributed by atoms with van der Waals surface area (Å²) in [6.07, 6.45) is 3.55. The molecule has 0 amide bonds. The van der Waals surface area contributed by atoms with Crippen LogP contribution in [0.15, 0.2) is 47.6 Å². The third kappa shape index (κ3) is 4.01. The van der Waals surface area contributed by atoms with Gasteiger partial charge in [0.2, 0.25) is 0 Å². The van der Waals surface area contributed by atoms with Crippen molar-refractivity contribution < 1.29 is 19.1 Å². The Morgan fingerprint density at radius 3 is 2.46 bits per heavy atom. The molecule has 4 atom stereocenters. The molecule has 0 saturated heterocycles. The fraction of sp³-hybridized carbons (Fsp3) is 0.458. The van der Waals surface area contributed by atoms with E-state index in [1.54, 1.807) is 13.0 Å². The number of carbonyl (C=O) groups excluding carboxylic acids is 3. The van der Waals surface area contributed by atoms with Gasteiger partial charge in [0, 0.05) is 18.4 Å². The van der Waals surface area contributed by atoms with Crippen molar-refractivity contribution in [2.45, 2.75) is 46.6 Å². The Morgan fingerprint density at radius 1 is 1.18 bits per heavy atom. The number of rotatable bonds is 5. The van der Waals surface area contributed by atoms with E-state index in [1.165, 1.54) is 6.08 Å². The molecule has 1 aromatic rings. The molecule has 3 rings (SSSR count). The van der Waals surface area contributed by atoms with E-state index in [4.69, 9.17) is 4.74 Å². The molecule has 0 radical (unpaired) electrons. The molecule has 1 aromatic carbocycles. The first-order chi connectivity index (χ1) is 13.3. The van der Waals surface area contributed by atoms with Crippen molar-refractivity contribution in [3.05, 3.63) is 53.1 Å². The quantitative estimate of drug-likeness (QED) is 0.561. The van der Waals surface area contributed by atoms with Crippen LogP contribution in [0.25, 0.3) is 6.08 Å². The minimum absolute atomic E-state index is 0.00824. The summed E-state index contributed by atoms with van der Waals surface area (Å²) in [7, 11) is 0. The second-order valence-electron chi connectivity index (χ2n) is 8.26. The van der Waals surface area contributed by atoms with Crippen LogP contribution in [-0.2, 0) is 19.1 Å². The molecule has 148 valence electrons. The van der Waals surface area contributed by atoms with Crippen LogP contribution in [0.2, 0.25) is 0 Å². The highest BCUT2D eigenvalue weighted by Gasteiger charge is 2.51. The number of Topliss-reactive ketones (excluding diaryl/α,β-unsaturated/α-hetero) is 2. The van der Waals surface area contributed by atoms with Crippen molar-refractivity contribution in [1.82, 2.24) is 0 Å². The number of esters is 1. The number of benzene rings is 1. The second kappa shape index (κ2) is 8.26. The first kappa shape index (κ1) is 20.2. The maximum atomic E-state index is 12.6. The van der Waals surface area contributed by atoms with Gasteiger partial charge in [-0.05, 0) is 60.8 Å². The predicted octanol–water partition coefficient (Wildman–Crippen LogP) is 4.40. The monoisotopic (exact) mass is 380 g/mol. The molecule has 2 aliphatic carbocycles. The van der Waals surface area contributed by atoms with Crippen LogP contribution in [0.5, 0.6) is 0 Å². The fourth-order valence-corrected chi connectivity index (χ4v) is 4.70. The molecule has 4 nitrogen and oxygen atoms in total. The summed E-state index contributed by atoms with van der Waals surface area (Å²) < 4.78 is 5.74. The zero-order chi connectivity index (χ0) is 20.4. The number of ether oxygens (including phenoxy) is 1. The SMILES string of the molecule is CC(=O)[C@H]1C[C@H](OC(=O)/C=C/c2ccccc2)C2=C(C)C(=O)C[C@@H](C(C)C)[C@@H]21. The highest BCUT2D eigenvalue weighted by atomic mass is 16.5. The van der Waals surface area contributed by atoms with Gasteiger partial charge < -0.3 is 4.74 Å². The van der Waals surface area contributed by atoms with E-state index in [1.807, 2.05) is 37.3 Å². The minimum Gasteiger partial charge on any atom is -0.455 e. The molecule has 28 heavy (non-hydrogen) atoms. The van der Waals surface area contributed by atoms with Crippen molar-refractivity contribution in [2.75, 3.05) is 0 Å². The third-order valence-electron chi connectivity index (χ3n) is 6.19. The Balaban J connectivity index is 1.86. The molecule has 2 aliphatic rings. The highest BCUT2D eigenvalue weighted by Crippen LogP contribution is 2.50. The van der Waals surface area contributed by atoms with Crippen molar-refractivity contribution >= 4 is 23.6 Å². The normalized spacial score (nSPS) is 27.4. The molecule has 0 heterocycles. The zero-order valence-electron chi connectivity index (χ0n) is 17.0. The van der Waals surface area contributed by atoms with Crippen LogP contribution in [0.3, 0.4) is 0 Å². The number of carbonyl (C=O) groups is 3. The van der Waals surface area contributed by atoms with Gasteiger partial charge >= 0.3 is 5.97 Å². The molecular formula is C24H28O4. The lowest BCUT2D eigenvalue weighted by atomic mass is 9.68. The van der Waals surface area contributed by atoms with Crippen LogP contribution in [0.4, 0.5) is 0 Å². The second-order valence-corrected chi connectivity index (χ2v) is 8.26. The predicted molar refractivity (Wildman–Crippen MR) is 108 cm³/mol. The first-order valence-electron chi connectivity index (χ1n) is 9.97. The van der Waals surface area contributed by atoms with Crippen molar-refractivity contribution in [3.8, 4) is 0 Å². The summed E-state index contributed by atoms with van der Waals surface area (Å²) in [6, 6.07) is 9.52. The van der Waals surface area contributed by atoms with Gasteiger partial charge in [-0.15, -0.1) is 0 Å². The van der Waals surface area contributed by atoms with Gasteiger partial charge in [0.15, 0.2) is 5.78 Å².